The summed E-state index contributed by atoms with van der Waals surface area (Å²) >= 11 is 0. The summed E-state index contributed by atoms with van der Waals surface area (Å²) < 4.78 is 21.8. The molecule has 0 aliphatic rings. The van der Waals surface area contributed by atoms with E-state index in [1.165, 1.54) is 12.3 Å². The van der Waals surface area contributed by atoms with Gasteiger partial charge in [0.15, 0.2) is 18.1 Å². The van der Waals surface area contributed by atoms with Crippen molar-refractivity contribution in [1.29, 1.82) is 5.26 Å². The van der Waals surface area contributed by atoms with E-state index in [9.17, 15) is 14.9 Å². The Hall–Kier alpha value is -4.51. The van der Waals surface area contributed by atoms with Crippen LogP contribution in [0.4, 0.5) is 0 Å². The maximum absolute atomic E-state index is 12.4. The van der Waals surface area contributed by atoms with Crippen LogP contribution in [0.2, 0.25) is 0 Å². The van der Waals surface area contributed by atoms with Gasteiger partial charge in [0, 0.05) is 0 Å². The second-order valence-corrected chi connectivity index (χ2v) is 7.60. The highest BCUT2D eigenvalue weighted by atomic mass is 16.6. The van der Waals surface area contributed by atoms with Crippen molar-refractivity contribution in [3.05, 3.63) is 82.8 Å². The van der Waals surface area contributed by atoms with Gasteiger partial charge in [-0.25, -0.2) is 4.79 Å². The van der Waals surface area contributed by atoms with E-state index in [1.807, 2.05) is 38.1 Å². The van der Waals surface area contributed by atoms with E-state index in [0.717, 1.165) is 11.1 Å². The Labute approximate surface area is 203 Å². The number of ether oxygens (including phenoxy) is 3. The molecule has 1 N–H and O–H groups in total. The number of hydrogen-bond acceptors (Lipinski definition) is 7. The molecule has 1 amide bonds. The zero-order valence-corrected chi connectivity index (χ0v) is 19.8. The third kappa shape index (κ3) is 7.24. The standard InChI is InChI=1S/C27H26N2O6/c1-4-32-25-14-20(13-21(15-28)27(31)29-16-22-6-5-11-33-22)9-10-23(25)35-26(30)17-34-24-12-18(2)7-8-19(24)3/h5-14H,4,16-17H2,1-3H3,(H,29,31)/b21-13+. The van der Waals surface area contributed by atoms with Crippen LogP contribution in [0.3, 0.4) is 0 Å². The fourth-order valence-electron chi connectivity index (χ4n) is 3.11. The van der Waals surface area contributed by atoms with Crippen molar-refractivity contribution >= 4 is 18.0 Å². The molecule has 35 heavy (non-hydrogen) atoms. The maximum atomic E-state index is 12.4. The van der Waals surface area contributed by atoms with Crippen LogP contribution in [0.1, 0.15) is 29.4 Å². The number of hydrogen-bond donors (Lipinski definition) is 1. The summed E-state index contributed by atoms with van der Waals surface area (Å²) in [6.07, 6.45) is 2.93. The molecule has 180 valence electrons. The smallest absolute Gasteiger partial charge is 0.349 e. The van der Waals surface area contributed by atoms with E-state index in [2.05, 4.69) is 5.32 Å². The third-order valence-corrected chi connectivity index (χ3v) is 4.86. The number of carbonyl (C=O) groups is 2. The van der Waals surface area contributed by atoms with E-state index >= 15 is 0 Å². The van der Waals surface area contributed by atoms with Crippen LogP contribution < -0.4 is 19.5 Å². The lowest BCUT2D eigenvalue weighted by Gasteiger charge is -2.13. The van der Waals surface area contributed by atoms with Crippen LogP contribution in [-0.4, -0.2) is 25.1 Å². The van der Waals surface area contributed by atoms with Crippen LogP contribution in [0.5, 0.6) is 17.2 Å². The fraction of sp³-hybridized carbons (Fsp3) is 0.222. The van der Waals surface area contributed by atoms with Crippen molar-refractivity contribution in [2.45, 2.75) is 27.3 Å². The number of rotatable bonds is 10. The summed E-state index contributed by atoms with van der Waals surface area (Å²) in [5.74, 6) is 0.559. The lowest BCUT2D eigenvalue weighted by Crippen LogP contribution is -2.23. The first kappa shape index (κ1) is 25.1. The highest BCUT2D eigenvalue weighted by molar-refractivity contribution is 6.01. The van der Waals surface area contributed by atoms with Crippen molar-refractivity contribution in [3.8, 4) is 23.3 Å². The molecule has 8 heteroatoms. The minimum absolute atomic E-state index is 0.0920. The van der Waals surface area contributed by atoms with Gasteiger partial charge in [-0.05, 0) is 73.9 Å². The first-order valence-electron chi connectivity index (χ1n) is 11.0. The largest absolute Gasteiger partial charge is 0.490 e. The van der Waals surface area contributed by atoms with Gasteiger partial charge < -0.3 is 23.9 Å². The van der Waals surface area contributed by atoms with Gasteiger partial charge in [-0.1, -0.05) is 18.2 Å². The van der Waals surface area contributed by atoms with E-state index < -0.39 is 11.9 Å². The predicted octanol–water partition coefficient (Wildman–Crippen LogP) is 4.50. The molecule has 3 rings (SSSR count). The van der Waals surface area contributed by atoms with E-state index in [4.69, 9.17) is 18.6 Å². The molecule has 0 unspecified atom stereocenters. The summed E-state index contributed by atoms with van der Waals surface area (Å²) in [4.78, 5) is 24.8. The number of nitrogens with one attached hydrogen (secondary N) is 1. The van der Waals surface area contributed by atoms with Crippen LogP contribution in [0.15, 0.2) is 64.8 Å². The van der Waals surface area contributed by atoms with Crippen molar-refractivity contribution in [1.82, 2.24) is 5.32 Å². The van der Waals surface area contributed by atoms with E-state index in [-0.39, 0.29) is 24.5 Å². The lowest BCUT2D eigenvalue weighted by atomic mass is 10.1. The highest BCUT2D eigenvalue weighted by Crippen LogP contribution is 2.30. The van der Waals surface area contributed by atoms with Gasteiger partial charge in [-0.15, -0.1) is 0 Å². The Morgan fingerprint density at radius 1 is 1.06 bits per heavy atom. The monoisotopic (exact) mass is 474 g/mol. The zero-order chi connectivity index (χ0) is 25.2. The van der Waals surface area contributed by atoms with Crippen LogP contribution in [0.25, 0.3) is 6.08 Å². The highest BCUT2D eigenvalue weighted by Gasteiger charge is 2.14. The van der Waals surface area contributed by atoms with E-state index in [0.29, 0.717) is 29.4 Å². The second-order valence-electron chi connectivity index (χ2n) is 7.60. The lowest BCUT2D eigenvalue weighted by molar-refractivity contribution is -0.136. The molecule has 0 aliphatic carbocycles. The van der Waals surface area contributed by atoms with Crippen molar-refractivity contribution in [3.63, 3.8) is 0 Å². The Bertz CT molecular complexity index is 1260. The second kappa shape index (κ2) is 12.1. The summed E-state index contributed by atoms with van der Waals surface area (Å²) in [6.45, 7) is 5.84. The zero-order valence-electron chi connectivity index (χ0n) is 19.8. The number of furan rings is 1. The molecule has 8 nitrogen and oxygen atoms in total. The Morgan fingerprint density at radius 3 is 2.60 bits per heavy atom. The summed E-state index contributed by atoms with van der Waals surface area (Å²) in [6, 6.07) is 15.8. The molecule has 0 spiro atoms. The van der Waals surface area contributed by atoms with Crippen molar-refractivity contribution in [2.24, 2.45) is 0 Å². The van der Waals surface area contributed by atoms with Gasteiger partial charge in [0.1, 0.15) is 23.2 Å². The molecule has 0 saturated heterocycles. The predicted molar refractivity (Wildman–Crippen MR) is 129 cm³/mol. The molecule has 1 aromatic heterocycles. The molecular formula is C27H26N2O6. The summed E-state index contributed by atoms with van der Waals surface area (Å²) in [5.41, 5.74) is 2.37. The molecule has 0 radical (unpaired) electrons. The molecule has 0 atom stereocenters. The summed E-state index contributed by atoms with van der Waals surface area (Å²) in [5, 5.41) is 12.1. The maximum Gasteiger partial charge on any atom is 0.349 e. The number of nitrogens with zero attached hydrogens (tertiary/aromatic N) is 1. The topological polar surface area (TPSA) is 111 Å². The van der Waals surface area contributed by atoms with E-state index in [1.54, 1.807) is 37.3 Å². The minimum atomic E-state index is -0.592. The van der Waals surface area contributed by atoms with Crippen molar-refractivity contribution in [2.75, 3.05) is 13.2 Å². The van der Waals surface area contributed by atoms with Crippen molar-refractivity contribution < 1.29 is 28.2 Å². The number of esters is 1. The van der Waals surface area contributed by atoms with Crippen LogP contribution >= 0.6 is 0 Å². The molecule has 0 bridgehead atoms. The quantitative estimate of drug-likeness (QED) is 0.199. The summed E-state index contributed by atoms with van der Waals surface area (Å²) in [7, 11) is 0. The number of nitriles is 1. The fourth-order valence-corrected chi connectivity index (χ4v) is 3.11. The average molecular weight is 475 g/mol. The molecule has 1 heterocycles. The molecule has 2 aromatic carbocycles. The number of aryl methyl sites for hydroxylation is 2. The number of amides is 1. The Morgan fingerprint density at radius 2 is 1.89 bits per heavy atom. The molecular weight excluding hydrogens is 448 g/mol. The Kier molecular flexibility index (Phi) is 8.68. The normalized spacial score (nSPS) is 10.9. The number of carbonyl (C=O) groups excluding carboxylic acids is 2. The van der Waals surface area contributed by atoms with Gasteiger partial charge in [0.05, 0.1) is 19.4 Å². The molecule has 0 fully saturated rings. The third-order valence-electron chi connectivity index (χ3n) is 4.86. The molecule has 0 aliphatic heterocycles. The van der Waals surface area contributed by atoms with Crippen LogP contribution in [-0.2, 0) is 16.1 Å². The average Bonchev–Trinajstić information content (AvgIpc) is 3.37. The van der Waals surface area contributed by atoms with Gasteiger partial charge in [-0.2, -0.15) is 5.26 Å². The first-order chi connectivity index (χ1) is 16.9. The van der Waals surface area contributed by atoms with Gasteiger partial charge in [-0.3, -0.25) is 4.79 Å². The SMILES string of the molecule is CCOc1cc(/C=C(\C#N)C(=O)NCc2ccco2)ccc1OC(=O)COc1cc(C)ccc1C. The van der Waals surface area contributed by atoms with Gasteiger partial charge >= 0.3 is 5.97 Å². The van der Waals surface area contributed by atoms with Crippen LogP contribution in [0, 0.1) is 25.2 Å². The van der Waals surface area contributed by atoms with Gasteiger partial charge in [0.25, 0.3) is 5.91 Å². The molecule has 3 aromatic rings. The Balaban J connectivity index is 1.68. The number of benzene rings is 2. The molecule has 0 saturated carbocycles. The van der Waals surface area contributed by atoms with Gasteiger partial charge in [0.2, 0.25) is 0 Å². The minimum Gasteiger partial charge on any atom is -0.490 e. The first-order valence-corrected chi connectivity index (χ1v) is 11.0.